The Hall–Kier alpha value is -1.58. The number of hydrogen-bond donors (Lipinski definition) is 0. The van der Waals surface area contributed by atoms with Crippen LogP contribution in [0.2, 0.25) is 0 Å². The lowest BCUT2D eigenvalue weighted by Crippen LogP contribution is -2.08. The Kier molecular flexibility index (Phi) is 6.70. The predicted molar refractivity (Wildman–Crippen MR) is 110 cm³/mol. The summed E-state index contributed by atoms with van der Waals surface area (Å²) in [5.74, 6) is 1.92. The Morgan fingerprint density at radius 1 is 0.769 bits per heavy atom. The zero-order valence-corrected chi connectivity index (χ0v) is 18.2. The molecule has 0 aliphatic heterocycles. The molecule has 2 heterocycles. The summed E-state index contributed by atoms with van der Waals surface area (Å²) in [7, 11) is 0. The second-order valence-electron chi connectivity index (χ2n) is 8.86. The monoisotopic (exact) mass is 358 g/mol. The van der Waals surface area contributed by atoms with Crippen LogP contribution in [0.5, 0.6) is 0 Å². The zero-order chi connectivity index (χ0) is 19.6. The van der Waals surface area contributed by atoms with Gasteiger partial charge in [0.15, 0.2) is 0 Å². The fourth-order valence-electron chi connectivity index (χ4n) is 3.23. The predicted octanol–water partition coefficient (Wildman–Crippen LogP) is 6.36. The Bertz CT molecular complexity index is 649. The zero-order valence-electron chi connectivity index (χ0n) is 18.2. The van der Waals surface area contributed by atoms with E-state index in [0.717, 1.165) is 11.6 Å². The molecule has 1 saturated carbocycles. The maximum Gasteiger partial charge on any atom is 0.0658 e. The van der Waals surface area contributed by atoms with Crippen molar-refractivity contribution in [1.29, 1.82) is 0 Å². The molecule has 0 unspecified atom stereocenters. The second kappa shape index (κ2) is 8.41. The fraction of sp³-hybridized carbons (Fsp3) is 0.727. The van der Waals surface area contributed by atoms with E-state index in [9.17, 15) is 0 Å². The van der Waals surface area contributed by atoms with Gasteiger partial charge in [-0.1, -0.05) is 27.7 Å². The molecule has 1 aliphatic carbocycles. The van der Waals surface area contributed by atoms with Gasteiger partial charge in [-0.15, -0.1) is 0 Å². The van der Waals surface area contributed by atoms with Gasteiger partial charge in [0.05, 0.1) is 11.4 Å². The topological polar surface area (TPSA) is 35.6 Å². The minimum Gasteiger partial charge on any atom is -0.267 e. The minimum absolute atomic E-state index is 0.469. The lowest BCUT2D eigenvalue weighted by Gasteiger charge is -2.12. The molecule has 2 aromatic rings. The summed E-state index contributed by atoms with van der Waals surface area (Å²) in [6.45, 7) is 19.7. The van der Waals surface area contributed by atoms with Gasteiger partial charge in [0.25, 0.3) is 0 Å². The van der Waals surface area contributed by atoms with E-state index in [1.165, 1.54) is 29.9 Å². The number of aromatic nitrogens is 4. The van der Waals surface area contributed by atoms with Crippen LogP contribution in [-0.2, 0) is 0 Å². The first-order valence-corrected chi connectivity index (χ1v) is 10.3. The van der Waals surface area contributed by atoms with Crippen LogP contribution in [0.4, 0.5) is 0 Å². The second-order valence-corrected chi connectivity index (χ2v) is 8.86. The molecule has 26 heavy (non-hydrogen) atoms. The molecule has 4 nitrogen and oxygen atoms in total. The highest BCUT2D eigenvalue weighted by atomic mass is 15.3. The first-order valence-electron chi connectivity index (χ1n) is 10.3. The van der Waals surface area contributed by atoms with E-state index < -0.39 is 0 Å². The summed E-state index contributed by atoms with van der Waals surface area (Å²) < 4.78 is 4.30. The van der Waals surface area contributed by atoms with E-state index in [2.05, 4.69) is 82.0 Å². The van der Waals surface area contributed by atoms with Gasteiger partial charge in [-0.05, 0) is 71.4 Å². The first-order chi connectivity index (χ1) is 12.1. The molecule has 1 fully saturated rings. The highest BCUT2D eigenvalue weighted by Crippen LogP contribution is 2.40. The van der Waals surface area contributed by atoms with E-state index in [1.807, 2.05) is 6.92 Å². The van der Waals surface area contributed by atoms with Gasteiger partial charge in [-0.25, -0.2) is 0 Å². The normalized spacial score (nSPS) is 14.5. The molecule has 0 bridgehead atoms. The molecule has 0 atom stereocenters. The molecule has 4 heteroatoms. The van der Waals surface area contributed by atoms with Crippen LogP contribution < -0.4 is 0 Å². The maximum absolute atomic E-state index is 4.71. The average molecular weight is 359 g/mol. The first kappa shape index (κ1) is 20.7. The molecule has 0 N–H and O–H groups in total. The van der Waals surface area contributed by atoms with Crippen molar-refractivity contribution in [3.63, 3.8) is 0 Å². The van der Waals surface area contributed by atoms with Gasteiger partial charge in [-0.2, -0.15) is 10.2 Å². The molecular weight excluding hydrogens is 320 g/mol. The van der Waals surface area contributed by atoms with Gasteiger partial charge in [0.2, 0.25) is 0 Å². The molecule has 2 aromatic heterocycles. The van der Waals surface area contributed by atoms with Crippen molar-refractivity contribution in [2.45, 2.75) is 105 Å². The van der Waals surface area contributed by atoms with Crippen LogP contribution in [0.15, 0.2) is 12.1 Å². The highest BCUT2D eigenvalue weighted by molar-refractivity contribution is 5.21. The smallest absolute Gasteiger partial charge is 0.0658 e. The van der Waals surface area contributed by atoms with Crippen LogP contribution in [0, 0.1) is 6.92 Å². The Morgan fingerprint density at radius 3 is 1.58 bits per heavy atom. The Balaban J connectivity index is 0.000000190. The Labute approximate surface area is 160 Å². The van der Waals surface area contributed by atoms with E-state index in [0.29, 0.717) is 23.9 Å². The molecular formula is C22H38N4. The SMILES string of the molecule is CC(C)c1cc(C2CC2)nn1C(C)C.Cc1cc(C(C)C)n(C(C)C)n1. The van der Waals surface area contributed by atoms with Crippen molar-refractivity contribution < 1.29 is 0 Å². The van der Waals surface area contributed by atoms with Crippen LogP contribution in [0.25, 0.3) is 0 Å². The summed E-state index contributed by atoms with van der Waals surface area (Å²) >= 11 is 0. The highest BCUT2D eigenvalue weighted by Gasteiger charge is 2.28. The lowest BCUT2D eigenvalue weighted by atomic mass is 10.1. The van der Waals surface area contributed by atoms with Crippen molar-refractivity contribution in [2.24, 2.45) is 0 Å². The van der Waals surface area contributed by atoms with Gasteiger partial charge in [-0.3, -0.25) is 9.36 Å². The number of hydrogen-bond acceptors (Lipinski definition) is 2. The third-order valence-corrected chi connectivity index (χ3v) is 4.83. The number of rotatable bonds is 5. The van der Waals surface area contributed by atoms with Gasteiger partial charge >= 0.3 is 0 Å². The van der Waals surface area contributed by atoms with E-state index in [-0.39, 0.29) is 0 Å². The lowest BCUT2D eigenvalue weighted by molar-refractivity contribution is 0.493. The van der Waals surface area contributed by atoms with Crippen LogP contribution in [-0.4, -0.2) is 19.6 Å². The van der Waals surface area contributed by atoms with Crippen molar-refractivity contribution in [3.05, 3.63) is 34.9 Å². The standard InChI is InChI=1S/C12H20N2.C10H18N2/c1-8(2)12-7-11(10-5-6-10)13-14(12)9(3)4;1-7(2)10-6-9(5)11-12(10)8(3)4/h7-10H,5-6H2,1-4H3;6-8H,1-5H3. The van der Waals surface area contributed by atoms with Crippen LogP contribution >= 0.6 is 0 Å². The van der Waals surface area contributed by atoms with Crippen molar-refractivity contribution in [3.8, 4) is 0 Å². The number of aryl methyl sites for hydroxylation is 1. The summed E-state index contributed by atoms with van der Waals surface area (Å²) in [5.41, 5.74) is 5.17. The molecule has 0 aromatic carbocycles. The molecule has 0 spiro atoms. The van der Waals surface area contributed by atoms with Crippen molar-refractivity contribution in [1.82, 2.24) is 19.6 Å². The van der Waals surface area contributed by atoms with Gasteiger partial charge < -0.3 is 0 Å². The van der Waals surface area contributed by atoms with Gasteiger partial charge in [0.1, 0.15) is 0 Å². The van der Waals surface area contributed by atoms with Crippen molar-refractivity contribution in [2.75, 3.05) is 0 Å². The molecule has 146 valence electrons. The molecule has 1 aliphatic rings. The summed E-state index contributed by atoms with van der Waals surface area (Å²) in [6.07, 6.45) is 2.68. The van der Waals surface area contributed by atoms with Crippen LogP contribution in [0.3, 0.4) is 0 Å². The third kappa shape index (κ3) is 4.99. The van der Waals surface area contributed by atoms with Crippen molar-refractivity contribution >= 4 is 0 Å². The van der Waals surface area contributed by atoms with E-state index in [4.69, 9.17) is 5.10 Å². The average Bonchev–Trinajstić information content (AvgIpc) is 3.14. The summed E-state index contributed by atoms with van der Waals surface area (Å²) in [6, 6.07) is 5.43. The largest absolute Gasteiger partial charge is 0.267 e. The molecule has 0 radical (unpaired) electrons. The summed E-state index contributed by atoms with van der Waals surface area (Å²) in [5, 5.41) is 9.16. The molecule has 0 saturated heterocycles. The Morgan fingerprint density at radius 2 is 1.23 bits per heavy atom. The van der Waals surface area contributed by atoms with Gasteiger partial charge in [0, 0.05) is 29.4 Å². The third-order valence-electron chi connectivity index (χ3n) is 4.83. The molecule has 3 rings (SSSR count). The van der Waals surface area contributed by atoms with Crippen LogP contribution in [0.1, 0.15) is 121 Å². The van der Waals surface area contributed by atoms with E-state index >= 15 is 0 Å². The maximum atomic E-state index is 4.71. The summed E-state index contributed by atoms with van der Waals surface area (Å²) in [4.78, 5) is 0. The number of nitrogens with zero attached hydrogens (tertiary/aromatic N) is 4. The fourth-order valence-corrected chi connectivity index (χ4v) is 3.23. The van der Waals surface area contributed by atoms with E-state index in [1.54, 1.807) is 0 Å². The minimum atomic E-state index is 0.469. The quantitative estimate of drug-likeness (QED) is 0.623. The molecule has 0 amide bonds.